The summed E-state index contributed by atoms with van der Waals surface area (Å²) in [6.45, 7) is 3.46. The number of dihydropyridines is 4. The van der Waals surface area contributed by atoms with Crippen LogP contribution in [0.15, 0.2) is 211 Å². The van der Waals surface area contributed by atoms with Crippen LogP contribution in [-0.2, 0) is 0 Å². The molecule has 0 spiro atoms. The second-order valence-electron chi connectivity index (χ2n) is 17.1. The SMILES string of the molecule is Cc1ccc2c(-c3ccnc(-c4cc(-c5nc(C6=CC=C(C7=CC=CCN7)CN6)nc(C6C=CC(C7C=CC=CN7)=CN6)n5)cc(-c5cc6ccccc6c6ccccc56)c4)c3)cccc2n1. The van der Waals surface area contributed by atoms with E-state index in [2.05, 4.69) is 197 Å². The van der Waals surface area contributed by atoms with Gasteiger partial charge in [-0.2, -0.15) is 0 Å². The minimum Gasteiger partial charge on any atom is -0.381 e. The molecule has 9 nitrogen and oxygen atoms in total. The Kier molecular flexibility index (Phi) is 10.1. The standard InChI is InChI=1S/C58H45N9/c1-36-19-22-48-45(15-10-18-52(48)64-36)38-25-28-61-55(33-38)42-29-41(49-32-37-11-2-3-12-44(37)46-13-4-5-14-47(46)49)30-43(31-42)56-65-57(53-23-20-39(34-62-53)50-16-6-8-26-59-50)67-58(66-56)54-24-21-40(35-63-54)51-17-7-9-27-60-51/h2-26,28-34,50,53,59-60,62-63H,27,35H2,1H3. The van der Waals surface area contributed by atoms with Crippen LogP contribution in [-0.4, -0.2) is 44.1 Å². The molecule has 0 saturated heterocycles. The molecule has 0 aliphatic carbocycles. The van der Waals surface area contributed by atoms with Gasteiger partial charge in [-0.15, -0.1) is 0 Å². The number of hydrogen-bond donors (Lipinski definition) is 4. The van der Waals surface area contributed by atoms with E-state index in [4.69, 9.17) is 24.9 Å². The zero-order valence-electron chi connectivity index (χ0n) is 36.8. The molecule has 0 saturated carbocycles. The van der Waals surface area contributed by atoms with Crippen molar-refractivity contribution in [1.29, 1.82) is 0 Å². The predicted octanol–water partition coefficient (Wildman–Crippen LogP) is 11.1. The average molecular weight is 868 g/mol. The van der Waals surface area contributed by atoms with Gasteiger partial charge in [-0.25, -0.2) is 15.0 Å². The zero-order valence-corrected chi connectivity index (χ0v) is 36.8. The van der Waals surface area contributed by atoms with Crippen molar-refractivity contribution in [2.24, 2.45) is 0 Å². The molecular weight excluding hydrogens is 823 g/mol. The van der Waals surface area contributed by atoms with Crippen LogP contribution in [0.5, 0.6) is 0 Å². The number of benzene rings is 5. The quantitative estimate of drug-likeness (QED) is 0.111. The van der Waals surface area contributed by atoms with E-state index in [9.17, 15) is 0 Å². The fourth-order valence-corrected chi connectivity index (χ4v) is 9.41. The van der Waals surface area contributed by atoms with E-state index in [-0.39, 0.29) is 12.1 Å². The molecule has 322 valence electrons. The highest BCUT2D eigenvalue weighted by Crippen LogP contribution is 2.40. The number of fused-ring (bicyclic) bond motifs is 4. The van der Waals surface area contributed by atoms with Crippen LogP contribution in [0.2, 0.25) is 0 Å². The van der Waals surface area contributed by atoms with Crippen LogP contribution in [0.4, 0.5) is 0 Å². The number of nitrogens with zero attached hydrogens (tertiary/aromatic N) is 5. The minimum absolute atomic E-state index is 0.0713. The van der Waals surface area contributed by atoms with Crippen LogP contribution in [0.1, 0.15) is 23.4 Å². The van der Waals surface area contributed by atoms with E-state index in [0.717, 1.165) is 84.6 Å². The zero-order chi connectivity index (χ0) is 44.7. The second-order valence-corrected chi connectivity index (χ2v) is 17.1. The highest BCUT2D eigenvalue weighted by atomic mass is 15.1. The summed E-state index contributed by atoms with van der Waals surface area (Å²) in [5.41, 5.74) is 13.1. The summed E-state index contributed by atoms with van der Waals surface area (Å²) in [4.78, 5) is 25.6. The molecule has 0 fully saturated rings. The lowest BCUT2D eigenvalue weighted by Gasteiger charge is -2.24. The largest absolute Gasteiger partial charge is 0.381 e. The molecule has 4 aliphatic heterocycles. The van der Waals surface area contributed by atoms with Gasteiger partial charge in [-0.05, 0) is 135 Å². The Morgan fingerprint density at radius 3 is 2.27 bits per heavy atom. The van der Waals surface area contributed by atoms with E-state index in [1.807, 2.05) is 25.4 Å². The molecule has 67 heavy (non-hydrogen) atoms. The summed E-state index contributed by atoms with van der Waals surface area (Å²) in [6.07, 6.45) is 26.9. The van der Waals surface area contributed by atoms with Gasteiger partial charge in [0.15, 0.2) is 17.5 Å². The molecule has 0 bridgehead atoms. The van der Waals surface area contributed by atoms with Crippen molar-refractivity contribution in [3.8, 4) is 44.9 Å². The van der Waals surface area contributed by atoms with E-state index < -0.39 is 0 Å². The van der Waals surface area contributed by atoms with E-state index in [1.165, 1.54) is 21.7 Å². The van der Waals surface area contributed by atoms with Gasteiger partial charge in [0.1, 0.15) is 6.04 Å². The maximum absolute atomic E-state index is 5.31. The molecule has 0 radical (unpaired) electrons. The normalized spacial score (nSPS) is 17.5. The molecule has 5 aromatic carbocycles. The lowest BCUT2D eigenvalue weighted by atomic mass is 9.90. The molecule has 9 heteroatoms. The Bertz CT molecular complexity index is 3570. The van der Waals surface area contributed by atoms with Gasteiger partial charge in [-0.1, -0.05) is 109 Å². The highest BCUT2D eigenvalue weighted by molar-refractivity contribution is 6.14. The van der Waals surface area contributed by atoms with Crippen LogP contribution in [0.3, 0.4) is 0 Å². The first kappa shape index (κ1) is 39.9. The molecule has 2 unspecified atom stereocenters. The summed E-state index contributed by atoms with van der Waals surface area (Å²) < 4.78 is 0. The molecule has 3 aromatic heterocycles. The number of rotatable bonds is 8. The monoisotopic (exact) mass is 867 g/mol. The van der Waals surface area contributed by atoms with Crippen molar-refractivity contribution in [2.75, 3.05) is 13.1 Å². The predicted molar refractivity (Wildman–Crippen MR) is 272 cm³/mol. The number of hydrogen-bond acceptors (Lipinski definition) is 9. The lowest BCUT2D eigenvalue weighted by Crippen LogP contribution is -2.30. The third-order valence-corrected chi connectivity index (χ3v) is 12.8. The van der Waals surface area contributed by atoms with Crippen molar-refractivity contribution in [1.82, 2.24) is 46.2 Å². The number of pyridine rings is 2. The topological polar surface area (TPSA) is 113 Å². The van der Waals surface area contributed by atoms with Crippen molar-refractivity contribution >= 4 is 38.1 Å². The molecule has 8 aromatic rings. The summed E-state index contributed by atoms with van der Waals surface area (Å²) in [7, 11) is 0. The smallest absolute Gasteiger partial charge is 0.179 e. The molecule has 4 N–H and O–H groups in total. The van der Waals surface area contributed by atoms with Gasteiger partial charge in [0.25, 0.3) is 0 Å². The van der Waals surface area contributed by atoms with Crippen LogP contribution in [0, 0.1) is 6.92 Å². The molecule has 12 rings (SSSR count). The lowest BCUT2D eigenvalue weighted by molar-refractivity contribution is 0.663. The number of allylic oxidation sites excluding steroid dienone is 6. The van der Waals surface area contributed by atoms with E-state index in [1.54, 1.807) is 0 Å². The second kappa shape index (κ2) is 17.0. The van der Waals surface area contributed by atoms with Crippen molar-refractivity contribution in [3.63, 3.8) is 0 Å². The first-order chi connectivity index (χ1) is 33.1. The van der Waals surface area contributed by atoms with Gasteiger partial charge in [-0.3, -0.25) is 9.97 Å². The third kappa shape index (κ3) is 7.76. The number of nitrogens with one attached hydrogen (secondary N) is 4. The van der Waals surface area contributed by atoms with Gasteiger partial charge in [0.05, 0.1) is 22.9 Å². The maximum Gasteiger partial charge on any atom is 0.179 e. The van der Waals surface area contributed by atoms with Crippen LogP contribution >= 0.6 is 0 Å². The van der Waals surface area contributed by atoms with Crippen molar-refractivity contribution in [2.45, 2.75) is 19.0 Å². The Morgan fingerprint density at radius 1 is 0.567 bits per heavy atom. The van der Waals surface area contributed by atoms with Crippen LogP contribution in [0.25, 0.3) is 83.0 Å². The number of aromatic nitrogens is 5. The molecule has 4 aliphatic rings. The van der Waals surface area contributed by atoms with Crippen molar-refractivity contribution < 1.29 is 0 Å². The average Bonchev–Trinajstić information content (AvgIpc) is 3.40. The summed E-state index contributed by atoms with van der Waals surface area (Å²) >= 11 is 0. The minimum atomic E-state index is -0.296. The highest BCUT2D eigenvalue weighted by Gasteiger charge is 2.23. The fraction of sp³-hybridized carbons (Fsp3) is 0.0862. The summed E-state index contributed by atoms with van der Waals surface area (Å²) in [5.74, 6) is 1.74. The Balaban J connectivity index is 1.03. The Hall–Kier alpha value is -8.69. The fourth-order valence-electron chi connectivity index (χ4n) is 9.41. The van der Waals surface area contributed by atoms with Gasteiger partial charge < -0.3 is 21.3 Å². The van der Waals surface area contributed by atoms with Crippen LogP contribution < -0.4 is 21.3 Å². The van der Waals surface area contributed by atoms with E-state index in [0.29, 0.717) is 24.0 Å². The Morgan fingerprint density at radius 2 is 1.43 bits per heavy atom. The van der Waals surface area contributed by atoms with Gasteiger partial charge in [0.2, 0.25) is 0 Å². The molecule has 0 amide bonds. The first-order valence-electron chi connectivity index (χ1n) is 22.7. The van der Waals surface area contributed by atoms with Gasteiger partial charge in [0, 0.05) is 53.4 Å². The third-order valence-electron chi connectivity index (χ3n) is 12.8. The number of aryl methyl sites for hydroxylation is 1. The maximum atomic E-state index is 5.31. The van der Waals surface area contributed by atoms with Gasteiger partial charge >= 0.3 is 0 Å². The molecular formula is C58H45N9. The Labute approximate surface area is 388 Å². The summed E-state index contributed by atoms with van der Waals surface area (Å²) in [6, 6.07) is 40.8. The molecule has 7 heterocycles. The van der Waals surface area contributed by atoms with Crippen molar-refractivity contribution in [3.05, 3.63) is 229 Å². The summed E-state index contributed by atoms with van der Waals surface area (Å²) in [5, 5.41) is 20.0. The molecule has 2 atom stereocenters. The van der Waals surface area contributed by atoms with E-state index >= 15 is 0 Å². The first-order valence-corrected chi connectivity index (χ1v) is 22.7.